The first-order valence-electron chi connectivity index (χ1n) is 4.12. The van der Waals surface area contributed by atoms with Crippen molar-refractivity contribution in [2.45, 2.75) is 19.4 Å². The third-order valence-corrected chi connectivity index (χ3v) is 1.62. The van der Waals surface area contributed by atoms with Gasteiger partial charge in [0.15, 0.2) is 11.6 Å². The molecule has 4 N–H and O–H groups in total. The van der Waals surface area contributed by atoms with Crippen LogP contribution in [0.5, 0.6) is 0 Å². The van der Waals surface area contributed by atoms with Gasteiger partial charge in [0.25, 0.3) is 0 Å². The van der Waals surface area contributed by atoms with Gasteiger partial charge < -0.3 is 16.2 Å². The van der Waals surface area contributed by atoms with E-state index in [0.717, 1.165) is 6.20 Å². The smallest absolute Gasteiger partial charge is 0.225 e. The molecule has 0 saturated heterocycles. The molecule has 0 aromatic carbocycles. The van der Waals surface area contributed by atoms with Gasteiger partial charge in [-0.15, -0.1) is 0 Å². The molecule has 0 aliphatic carbocycles. The first kappa shape index (κ1) is 10.6. The summed E-state index contributed by atoms with van der Waals surface area (Å²) in [6.45, 7) is 3.43. The molecule has 1 rings (SSSR count). The average Bonchev–Trinajstić information content (AvgIpc) is 2.11. The third kappa shape index (κ3) is 2.53. The average molecular weight is 200 g/mol. The van der Waals surface area contributed by atoms with Gasteiger partial charge in [0, 0.05) is 0 Å². The quantitative estimate of drug-likeness (QED) is 0.657. The normalized spacial score (nSPS) is 11.4. The van der Waals surface area contributed by atoms with Crippen molar-refractivity contribution in [1.82, 2.24) is 9.97 Å². The van der Waals surface area contributed by atoms with Crippen LogP contribution in [0.25, 0.3) is 0 Å². The number of aromatic nitrogens is 2. The highest BCUT2D eigenvalue weighted by atomic mass is 19.1. The van der Waals surface area contributed by atoms with Crippen LogP contribution in [0.2, 0.25) is 0 Å². The Morgan fingerprint density at radius 1 is 1.64 bits per heavy atom. The molecule has 1 heterocycles. The number of anilines is 2. The van der Waals surface area contributed by atoms with E-state index in [4.69, 9.17) is 10.8 Å². The molecule has 5 nitrogen and oxygen atoms in total. The molecule has 0 aliphatic heterocycles. The van der Waals surface area contributed by atoms with Gasteiger partial charge in [-0.05, 0) is 13.8 Å². The predicted octanol–water partition coefficient (Wildman–Crippen LogP) is 0.381. The fourth-order valence-corrected chi connectivity index (χ4v) is 0.783. The molecule has 0 radical (unpaired) electrons. The third-order valence-electron chi connectivity index (χ3n) is 1.62. The van der Waals surface area contributed by atoms with Crippen molar-refractivity contribution < 1.29 is 9.50 Å². The fraction of sp³-hybridized carbons (Fsp3) is 0.500. The minimum absolute atomic E-state index is 0.0896. The molecular formula is C8H13FN4O. The highest BCUT2D eigenvalue weighted by Gasteiger charge is 2.17. The maximum atomic E-state index is 12.7. The number of hydrogen-bond acceptors (Lipinski definition) is 5. The number of nitrogen functional groups attached to an aromatic ring is 1. The van der Waals surface area contributed by atoms with Gasteiger partial charge in [-0.25, -0.2) is 9.37 Å². The lowest BCUT2D eigenvalue weighted by molar-refractivity contribution is 0.233. The summed E-state index contributed by atoms with van der Waals surface area (Å²) < 4.78 is 12.7. The largest absolute Gasteiger partial charge is 0.394 e. The summed E-state index contributed by atoms with van der Waals surface area (Å²) in [6.07, 6.45) is 0.984. The molecular weight excluding hydrogens is 187 g/mol. The molecule has 1 aromatic heterocycles. The molecule has 14 heavy (non-hydrogen) atoms. The summed E-state index contributed by atoms with van der Waals surface area (Å²) in [5.41, 5.74) is 4.69. The Hall–Kier alpha value is -1.43. The van der Waals surface area contributed by atoms with Crippen molar-refractivity contribution in [3.8, 4) is 0 Å². The number of nitrogens with two attached hydrogens (primary N) is 1. The second-order valence-corrected chi connectivity index (χ2v) is 3.59. The molecule has 0 unspecified atom stereocenters. The summed E-state index contributed by atoms with van der Waals surface area (Å²) in [7, 11) is 0. The summed E-state index contributed by atoms with van der Waals surface area (Å²) in [5.74, 6) is -0.670. The number of aliphatic hydroxyl groups is 1. The number of nitrogens with one attached hydrogen (secondary N) is 1. The van der Waals surface area contributed by atoms with Crippen LogP contribution in [0, 0.1) is 5.82 Å². The summed E-state index contributed by atoms with van der Waals surface area (Å²) in [6, 6.07) is 0. The Kier molecular flexibility index (Phi) is 2.85. The zero-order valence-corrected chi connectivity index (χ0v) is 8.08. The van der Waals surface area contributed by atoms with E-state index in [0.29, 0.717) is 0 Å². The first-order valence-corrected chi connectivity index (χ1v) is 4.12. The minimum Gasteiger partial charge on any atom is -0.394 e. The fourth-order valence-electron chi connectivity index (χ4n) is 0.783. The molecule has 0 bridgehead atoms. The van der Waals surface area contributed by atoms with Gasteiger partial charge in [0.1, 0.15) is 0 Å². The lowest BCUT2D eigenvalue weighted by atomic mass is 10.1. The first-order chi connectivity index (χ1) is 6.44. The van der Waals surface area contributed by atoms with Crippen LogP contribution in [0.4, 0.5) is 16.2 Å². The molecule has 1 aromatic rings. The van der Waals surface area contributed by atoms with Gasteiger partial charge in [-0.3, -0.25) is 0 Å². The van der Waals surface area contributed by atoms with Crippen LogP contribution < -0.4 is 11.1 Å². The predicted molar refractivity (Wildman–Crippen MR) is 51.2 cm³/mol. The number of nitrogens with zero attached hydrogens (tertiary/aromatic N) is 2. The van der Waals surface area contributed by atoms with Crippen LogP contribution in [0.15, 0.2) is 6.20 Å². The number of halogens is 1. The molecule has 0 amide bonds. The topological polar surface area (TPSA) is 84.1 Å². The van der Waals surface area contributed by atoms with E-state index in [1.54, 1.807) is 13.8 Å². The van der Waals surface area contributed by atoms with Gasteiger partial charge in [-0.1, -0.05) is 0 Å². The number of hydrogen-bond donors (Lipinski definition) is 3. The van der Waals surface area contributed by atoms with E-state index < -0.39 is 11.4 Å². The minimum atomic E-state index is -0.655. The second-order valence-electron chi connectivity index (χ2n) is 3.59. The number of aliphatic hydroxyl groups excluding tert-OH is 1. The Balaban J connectivity index is 2.83. The van der Waals surface area contributed by atoms with Gasteiger partial charge in [-0.2, -0.15) is 4.98 Å². The molecule has 0 atom stereocenters. The van der Waals surface area contributed by atoms with Crippen LogP contribution in [0.3, 0.4) is 0 Å². The summed E-state index contributed by atoms with van der Waals surface area (Å²) in [4.78, 5) is 7.36. The SMILES string of the molecule is CC(C)(CO)Nc1ncc(F)c(N)n1. The van der Waals surface area contributed by atoms with E-state index in [-0.39, 0.29) is 18.4 Å². The molecule has 78 valence electrons. The van der Waals surface area contributed by atoms with Crippen LogP contribution in [-0.2, 0) is 0 Å². The van der Waals surface area contributed by atoms with E-state index >= 15 is 0 Å². The van der Waals surface area contributed by atoms with E-state index in [2.05, 4.69) is 15.3 Å². The summed E-state index contributed by atoms with van der Waals surface area (Å²) >= 11 is 0. The zero-order valence-electron chi connectivity index (χ0n) is 8.08. The summed E-state index contributed by atoms with van der Waals surface area (Å²) in [5, 5.41) is 11.8. The van der Waals surface area contributed by atoms with Crippen molar-refractivity contribution >= 4 is 11.8 Å². The molecule has 6 heteroatoms. The van der Waals surface area contributed by atoms with Crippen LogP contribution >= 0.6 is 0 Å². The van der Waals surface area contributed by atoms with Gasteiger partial charge >= 0.3 is 0 Å². The lowest BCUT2D eigenvalue weighted by Gasteiger charge is -2.23. The second kappa shape index (κ2) is 3.75. The van der Waals surface area contributed by atoms with Crippen LogP contribution in [-0.4, -0.2) is 27.2 Å². The Morgan fingerprint density at radius 3 is 2.79 bits per heavy atom. The Labute approximate surface area is 81.2 Å². The maximum Gasteiger partial charge on any atom is 0.225 e. The Bertz CT molecular complexity index is 329. The van der Waals surface area contributed by atoms with Crippen LogP contribution in [0.1, 0.15) is 13.8 Å². The van der Waals surface area contributed by atoms with Gasteiger partial charge in [0.05, 0.1) is 18.3 Å². The Morgan fingerprint density at radius 2 is 2.29 bits per heavy atom. The zero-order chi connectivity index (χ0) is 10.8. The highest BCUT2D eigenvalue weighted by molar-refractivity contribution is 5.38. The standard InChI is InChI=1S/C8H13FN4O/c1-8(2,4-14)13-7-11-3-5(9)6(10)12-7/h3,14H,4H2,1-2H3,(H3,10,11,12,13). The molecule has 0 aliphatic rings. The lowest BCUT2D eigenvalue weighted by Crippen LogP contribution is -2.35. The van der Waals surface area contributed by atoms with E-state index in [9.17, 15) is 4.39 Å². The molecule has 0 spiro atoms. The van der Waals surface area contributed by atoms with Crippen molar-refractivity contribution in [2.75, 3.05) is 17.7 Å². The van der Waals surface area contributed by atoms with Crippen molar-refractivity contribution in [3.63, 3.8) is 0 Å². The number of rotatable bonds is 3. The van der Waals surface area contributed by atoms with Crippen molar-refractivity contribution in [2.24, 2.45) is 0 Å². The van der Waals surface area contributed by atoms with E-state index in [1.807, 2.05) is 0 Å². The maximum absolute atomic E-state index is 12.7. The highest BCUT2D eigenvalue weighted by Crippen LogP contribution is 2.12. The monoisotopic (exact) mass is 200 g/mol. The molecule has 0 fully saturated rings. The molecule has 0 saturated carbocycles. The van der Waals surface area contributed by atoms with Gasteiger partial charge in [0.2, 0.25) is 5.95 Å². The van der Waals surface area contributed by atoms with E-state index in [1.165, 1.54) is 0 Å². The van der Waals surface area contributed by atoms with Crippen molar-refractivity contribution in [3.05, 3.63) is 12.0 Å². The van der Waals surface area contributed by atoms with Crippen molar-refractivity contribution in [1.29, 1.82) is 0 Å².